The first-order valence-electron chi connectivity index (χ1n) is 8.98. The lowest BCUT2D eigenvalue weighted by Crippen LogP contribution is -2.45. The first kappa shape index (κ1) is 16.9. The average molecular weight is 353 g/mol. The molecule has 2 aromatic carbocycles. The number of fused-ring (bicyclic) bond motifs is 1. The van der Waals surface area contributed by atoms with Gasteiger partial charge < -0.3 is 14.4 Å². The maximum absolute atomic E-state index is 13.0. The van der Waals surface area contributed by atoms with Crippen LogP contribution in [0.2, 0.25) is 0 Å². The summed E-state index contributed by atoms with van der Waals surface area (Å²) in [6.45, 7) is 3.47. The van der Waals surface area contributed by atoms with Crippen molar-refractivity contribution in [1.82, 2.24) is 15.8 Å². The molecule has 2 N–H and O–H groups in total. The summed E-state index contributed by atoms with van der Waals surface area (Å²) >= 11 is 0. The number of rotatable bonds is 5. The molecule has 1 fully saturated rings. The minimum atomic E-state index is -0.228. The van der Waals surface area contributed by atoms with Crippen molar-refractivity contribution in [1.29, 1.82) is 0 Å². The van der Waals surface area contributed by atoms with E-state index in [-0.39, 0.29) is 24.8 Å². The Bertz CT molecular complexity index is 781. The Hall–Kier alpha value is -2.57. The standard InChI is InChI=1S/C20H23N3O3/c1-2-23(12-14-8-9-18-19(10-14)26-13-25-18)20(24)17-11-16(21-22-17)15-6-4-3-5-7-15/h3-10,16-17,21-22H,2,11-13H2,1H3. The van der Waals surface area contributed by atoms with Gasteiger partial charge in [-0.05, 0) is 36.6 Å². The van der Waals surface area contributed by atoms with Gasteiger partial charge in [-0.3, -0.25) is 4.79 Å². The van der Waals surface area contributed by atoms with E-state index in [1.54, 1.807) is 0 Å². The molecule has 6 heteroatoms. The Morgan fingerprint density at radius 3 is 2.73 bits per heavy atom. The number of amides is 1. The van der Waals surface area contributed by atoms with E-state index in [9.17, 15) is 4.79 Å². The van der Waals surface area contributed by atoms with Crippen LogP contribution in [0.15, 0.2) is 48.5 Å². The van der Waals surface area contributed by atoms with E-state index >= 15 is 0 Å². The highest BCUT2D eigenvalue weighted by Gasteiger charge is 2.32. The molecule has 0 saturated carbocycles. The summed E-state index contributed by atoms with van der Waals surface area (Å²) in [5.74, 6) is 1.61. The summed E-state index contributed by atoms with van der Waals surface area (Å²) in [5, 5.41) is 0. The maximum atomic E-state index is 13.0. The summed E-state index contributed by atoms with van der Waals surface area (Å²) in [7, 11) is 0. The number of benzene rings is 2. The van der Waals surface area contributed by atoms with E-state index in [0.717, 1.165) is 23.5 Å². The Balaban J connectivity index is 1.41. The van der Waals surface area contributed by atoms with Crippen LogP contribution >= 0.6 is 0 Å². The van der Waals surface area contributed by atoms with Gasteiger partial charge in [0.25, 0.3) is 0 Å². The maximum Gasteiger partial charge on any atom is 0.241 e. The summed E-state index contributed by atoms with van der Waals surface area (Å²) in [6.07, 6.45) is 0.737. The average Bonchev–Trinajstić information content (AvgIpc) is 3.35. The van der Waals surface area contributed by atoms with Gasteiger partial charge in [0, 0.05) is 19.1 Å². The van der Waals surface area contributed by atoms with Crippen molar-refractivity contribution in [3.05, 3.63) is 59.7 Å². The van der Waals surface area contributed by atoms with Crippen LogP contribution < -0.4 is 20.3 Å². The van der Waals surface area contributed by atoms with E-state index in [1.807, 2.05) is 48.2 Å². The zero-order valence-electron chi connectivity index (χ0n) is 14.8. The van der Waals surface area contributed by atoms with Crippen molar-refractivity contribution in [3.8, 4) is 11.5 Å². The molecule has 2 atom stereocenters. The van der Waals surface area contributed by atoms with Crippen LogP contribution in [0.4, 0.5) is 0 Å². The number of carbonyl (C=O) groups excluding carboxylic acids is 1. The van der Waals surface area contributed by atoms with Crippen LogP contribution in [0, 0.1) is 0 Å². The lowest BCUT2D eigenvalue weighted by Gasteiger charge is -2.24. The SMILES string of the molecule is CCN(Cc1ccc2c(c1)OCO2)C(=O)C1CC(c2ccccc2)NN1. The predicted octanol–water partition coefficient (Wildman–Crippen LogP) is 2.37. The van der Waals surface area contributed by atoms with Crippen molar-refractivity contribution < 1.29 is 14.3 Å². The van der Waals surface area contributed by atoms with Crippen LogP contribution in [0.5, 0.6) is 11.5 Å². The van der Waals surface area contributed by atoms with E-state index < -0.39 is 0 Å². The third-order valence-electron chi connectivity index (χ3n) is 4.91. The number of nitrogens with one attached hydrogen (secondary N) is 2. The number of likely N-dealkylation sites (N-methyl/N-ethyl adjacent to an activating group) is 1. The second kappa shape index (κ2) is 7.35. The van der Waals surface area contributed by atoms with Crippen molar-refractivity contribution in [3.63, 3.8) is 0 Å². The Morgan fingerprint density at radius 1 is 1.12 bits per heavy atom. The van der Waals surface area contributed by atoms with Crippen molar-refractivity contribution in [2.45, 2.75) is 32.0 Å². The molecule has 136 valence electrons. The van der Waals surface area contributed by atoms with Crippen molar-refractivity contribution >= 4 is 5.91 Å². The summed E-state index contributed by atoms with van der Waals surface area (Å²) in [5.41, 5.74) is 8.63. The summed E-state index contributed by atoms with van der Waals surface area (Å²) in [4.78, 5) is 14.8. The molecule has 4 rings (SSSR count). The van der Waals surface area contributed by atoms with E-state index in [1.165, 1.54) is 5.56 Å². The number of ether oxygens (including phenoxy) is 2. The molecule has 0 aliphatic carbocycles. The molecule has 0 radical (unpaired) electrons. The molecule has 0 aromatic heterocycles. The lowest BCUT2D eigenvalue weighted by atomic mass is 10.0. The zero-order chi connectivity index (χ0) is 17.9. The minimum absolute atomic E-state index is 0.107. The fraction of sp³-hybridized carbons (Fsp3) is 0.350. The highest BCUT2D eigenvalue weighted by molar-refractivity contribution is 5.82. The quantitative estimate of drug-likeness (QED) is 0.864. The third-order valence-corrected chi connectivity index (χ3v) is 4.91. The number of hydrogen-bond donors (Lipinski definition) is 2. The van der Waals surface area contributed by atoms with Crippen LogP contribution in [0.25, 0.3) is 0 Å². The van der Waals surface area contributed by atoms with Gasteiger partial charge in [-0.1, -0.05) is 36.4 Å². The van der Waals surface area contributed by atoms with E-state index in [0.29, 0.717) is 13.1 Å². The third kappa shape index (κ3) is 3.38. The minimum Gasteiger partial charge on any atom is -0.454 e. The Kier molecular flexibility index (Phi) is 4.77. The molecular weight excluding hydrogens is 330 g/mol. The fourth-order valence-corrected chi connectivity index (χ4v) is 3.45. The van der Waals surface area contributed by atoms with Crippen LogP contribution in [-0.2, 0) is 11.3 Å². The second-order valence-electron chi connectivity index (χ2n) is 6.58. The molecule has 2 unspecified atom stereocenters. The van der Waals surface area contributed by atoms with E-state index in [2.05, 4.69) is 23.0 Å². The van der Waals surface area contributed by atoms with Crippen molar-refractivity contribution in [2.75, 3.05) is 13.3 Å². The highest BCUT2D eigenvalue weighted by Crippen LogP contribution is 2.33. The highest BCUT2D eigenvalue weighted by atomic mass is 16.7. The molecule has 2 aliphatic rings. The molecular formula is C20H23N3O3. The molecule has 6 nitrogen and oxygen atoms in total. The molecule has 1 amide bonds. The first-order chi connectivity index (χ1) is 12.7. The van der Waals surface area contributed by atoms with E-state index in [4.69, 9.17) is 9.47 Å². The number of hydrazine groups is 1. The largest absolute Gasteiger partial charge is 0.454 e. The van der Waals surface area contributed by atoms with Gasteiger partial charge >= 0.3 is 0 Å². The Morgan fingerprint density at radius 2 is 1.92 bits per heavy atom. The molecule has 1 saturated heterocycles. The van der Waals surface area contributed by atoms with Crippen LogP contribution in [0.1, 0.15) is 30.5 Å². The molecule has 0 spiro atoms. The molecule has 0 bridgehead atoms. The van der Waals surface area contributed by atoms with Gasteiger partial charge in [0.2, 0.25) is 12.7 Å². The van der Waals surface area contributed by atoms with Gasteiger partial charge in [0.05, 0.1) is 0 Å². The number of nitrogens with zero attached hydrogens (tertiary/aromatic N) is 1. The summed E-state index contributed by atoms with van der Waals surface area (Å²) < 4.78 is 10.8. The second-order valence-corrected chi connectivity index (χ2v) is 6.58. The summed E-state index contributed by atoms with van der Waals surface area (Å²) in [6, 6.07) is 15.9. The molecule has 2 heterocycles. The molecule has 26 heavy (non-hydrogen) atoms. The van der Waals surface area contributed by atoms with Gasteiger partial charge in [-0.25, -0.2) is 10.9 Å². The lowest BCUT2D eigenvalue weighted by molar-refractivity contribution is -0.133. The Labute approximate surface area is 153 Å². The van der Waals surface area contributed by atoms with Gasteiger partial charge in [0.15, 0.2) is 11.5 Å². The normalized spacial score (nSPS) is 21.0. The van der Waals surface area contributed by atoms with Gasteiger partial charge in [-0.2, -0.15) is 0 Å². The number of carbonyl (C=O) groups is 1. The first-order valence-corrected chi connectivity index (χ1v) is 8.98. The predicted molar refractivity (Wildman–Crippen MR) is 97.5 cm³/mol. The zero-order valence-corrected chi connectivity index (χ0v) is 14.8. The van der Waals surface area contributed by atoms with Crippen molar-refractivity contribution in [2.24, 2.45) is 0 Å². The number of hydrogen-bond acceptors (Lipinski definition) is 5. The van der Waals surface area contributed by atoms with Crippen LogP contribution in [-0.4, -0.2) is 30.2 Å². The molecule has 2 aromatic rings. The fourth-order valence-electron chi connectivity index (χ4n) is 3.45. The smallest absolute Gasteiger partial charge is 0.241 e. The topological polar surface area (TPSA) is 62.8 Å². The molecule has 2 aliphatic heterocycles. The monoisotopic (exact) mass is 353 g/mol. The van der Waals surface area contributed by atoms with Gasteiger partial charge in [0.1, 0.15) is 6.04 Å². The van der Waals surface area contributed by atoms with Gasteiger partial charge in [-0.15, -0.1) is 0 Å². The van der Waals surface area contributed by atoms with Crippen LogP contribution in [0.3, 0.4) is 0 Å².